The quantitative estimate of drug-likeness (QED) is 0.701. The summed E-state index contributed by atoms with van der Waals surface area (Å²) in [5.41, 5.74) is -0.336. The van der Waals surface area contributed by atoms with E-state index in [-0.39, 0.29) is 11.3 Å². The molecule has 2 unspecified atom stereocenters. The molecule has 0 aliphatic carbocycles. The summed E-state index contributed by atoms with van der Waals surface area (Å²) in [6.07, 6.45) is 1.16. The second kappa shape index (κ2) is 6.89. The Labute approximate surface area is 100 Å². The molecule has 3 nitrogen and oxygen atoms in total. The monoisotopic (exact) mass is 228 g/mol. The van der Waals surface area contributed by atoms with Crippen LogP contribution in [0.4, 0.5) is 0 Å². The Morgan fingerprint density at radius 2 is 1.81 bits per heavy atom. The first-order chi connectivity index (χ1) is 7.35. The highest BCUT2D eigenvalue weighted by atomic mass is 16.2. The fraction of sp³-hybridized carbons (Fsp3) is 0.923. The lowest BCUT2D eigenvalue weighted by atomic mass is 9.91. The highest BCUT2D eigenvalue weighted by molar-refractivity contribution is 5.81. The van der Waals surface area contributed by atoms with Gasteiger partial charge in [0.15, 0.2) is 0 Å². The van der Waals surface area contributed by atoms with Crippen LogP contribution in [0.3, 0.4) is 0 Å². The Bertz CT molecular complexity index is 214. The van der Waals surface area contributed by atoms with E-state index in [1.165, 1.54) is 0 Å². The van der Waals surface area contributed by atoms with Crippen LogP contribution in [-0.4, -0.2) is 25.0 Å². The minimum absolute atomic E-state index is 0.124. The maximum atomic E-state index is 11.8. The number of amides is 1. The van der Waals surface area contributed by atoms with E-state index in [1.54, 1.807) is 0 Å². The second-order valence-corrected chi connectivity index (χ2v) is 5.30. The van der Waals surface area contributed by atoms with Crippen LogP contribution in [0, 0.1) is 11.3 Å². The Morgan fingerprint density at radius 1 is 1.25 bits per heavy atom. The van der Waals surface area contributed by atoms with Crippen molar-refractivity contribution >= 4 is 5.91 Å². The molecule has 96 valence electrons. The van der Waals surface area contributed by atoms with Crippen molar-refractivity contribution in [1.29, 1.82) is 0 Å². The molecule has 0 saturated carbocycles. The second-order valence-electron chi connectivity index (χ2n) is 5.30. The molecular formula is C13H28N2O. The molecule has 0 bridgehead atoms. The van der Waals surface area contributed by atoms with Crippen LogP contribution in [0.25, 0.3) is 0 Å². The maximum Gasteiger partial charge on any atom is 0.226 e. The van der Waals surface area contributed by atoms with Gasteiger partial charge in [0.05, 0.1) is 5.41 Å². The molecule has 0 aliphatic rings. The van der Waals surface area contributed by atoms with Crippen LogP contribution in [-0.2, 0) is 4.79 Å². The molecule has 2 atom stereocenters. The van der Waals surface area contributed by atoms with Gasteiger partial charge in [0.1, 0.15) is 0 Å². The Morgan fingerprint density at radius 3 is 2.25 bits per heavy atom. The molecule has 1 amide bonds. The summed E-state index contributed by atoms with van der Waals surface area (Å²) in [6.45, 7) is 13.9. The zero-order valence-electron chi connectivity index (χ0n) is 11.7. The highest BCUT2D eigenvalue weighted by Crippen LogP contribution is 2.15. The van der Waals surface area contributed by atoms with Crippen molar-refractivity contribution in [3.63, 3.8) is 0 Å². The number of rotatable bonds is 7. The third-order valence-corrected chi connectivity index (χ3v) is 3.32. The fourth-order valence-electron chi connectivity index (χ4n) is 1.45. The van der Waals surface area contributed by atoms with E-state index in [0.717, 1.165) is 13.0 Å². The highest BCUT2D eigenvalue weighted by Gasteiger charge is 2.27. The van der Waals surface area contributed by atoms with Crippen molar-refractivity contribution in [3.8, 4) is 0 Å². The van der Waals surface area contributed by atoms with Gasteiger partial charge in [-0.1, -0.05) is 20.3 Å². The van der Waals surface area contributed by atoms with E-state index in [9.17, 15) is 4.79 Å². The van der Waals surface area contributed by atoms with Gasteiger partial charge in [0.2, 0.25) is 5.91 Å². The molecule has 0 aromatic heterocycles. The van der Waals surface area contributed by atoms with E-state index < -0.39 is 0 Å². The molecule has 3 heteroatoms. The summed E-state index contributed by atoms with van der Waals surface area (Å²) in [6, 6.07) is 0.457. The summed E-state index contributed by atoms with van der Waals surface area (Å²) >= 11 is 0. The standard InChI is InChI=1S/C13H28N2O/c1-7-10(3)11(4)15-9-13(5,6)12(16)14-8-2/h10-11,15H,7-9H2,1-6H3,(H,14,16). The van der Waals surface area contributed by atoms with E-state index in [4.69, 9.17) is 0 Å². The van der Waals surface area contributed by atoms with Gasteiger partial charge in [-0.25, -0.2) is 0 Å². The number of carbonyl (C=O) groups excluding carboxylic acids is 1. The van der Waals surface area contributed by atoms with Crippen molar-refractivity contribution in [3.05, 3.63) is 0 Å². The molecule has 16 heavy (non-hydrogen) atoms. The SMILES string of the molecule is CCNC(=O)C(C)(C)CNC(C)C(C)CC. The van der Waals surface area contributed by atoms with Crippen molar-refractivity contribution in [2.45, 2.75) is 54.0 Å². The van der Waals surface area contributed by atoms with Crippen LogP contribution >= 0.6 is 0 Å². The Hall–Kier alpha value is -0.570. The zero-order chi connectivity index (χ0) is 12.8. The first-order valence-electron chi connectivity index (χ1n) is 6.36. The summed E-state index contributed by atoms with van der Waals surface area (Å²) in [7, 11) is 0. The maximum absolute atomic E-state index is 11.8. The van der Waals surface area contributed by atoms with Crippen molar-refractivity contribution in [1.82, 2.24) is 10.6 Å². The predicted octanol–water partition coefficient (Wildman–Crippen LogP) is 2.17. The van der Waals surface area contributed by atoms with Gasteiger partial charge in [-0.15, -0.1) is 0 Å². The van der Waals surface area contributed by atoms with E-state index in [2.05, 4.69) is 31.4 Å². The van der Waals surface area contributed by atoms with E-state index in [1.807, 2.05) is 20.8 Å². The normalized spacial score (nSPS) is 15.6. The molecule has 2 N–H and O–H groups in total. The smallest absolute Gasteiger partial charge is 0.226 e. The van der Waals surface area contributed by atoms with Gasteiger partial charge in [0, 0.05) is 19.1 Å². The van der Waals surface area contributed by atoms with Gasteiger partial charge in [-0.2, -0.15) is 0 Å². The van der Waals surface area contributed by atoms with Crippen molar-refractivity contribution < 1.29 is 4.79 Å². The van der Waals surface area contributed by atoms with Crippen LogP contribution < -0.4 is 10.6 Å². The number of carbonyl (C=O) groups is 1. The minimum Gasteiger partial charge on any atom is -0.356 e. The minimum atomic E-state index is -0.336. The number of nitrogens with one attached hydrogen (secondary N) is 2. The van der Waals surface area contributed by atoms with Crippen LogP contribution in [0.2, 0.25) is 0 Å². The molecule has 0 fully saturated rings. The molecular weight excluding hydrogens is 200 g/mol. The summed E-state index contributed by atoms with van der Waals surface area (Å²) in [5.74, 6) is 0.767. The van der Waals surface area contributed by atoms with E-state index >= 15 is 0 Å². The molecule has 0 aromatic carbocycles. The number of hydrogen-bond acceptors (Lipinski definition) is 2. The van der Waals surface area contributed by atoms with Gasteiger partial charge in [0.25, 0.3) is 0 Å². The molecule has 0 aliphatic heterocycles. The zero-order valence-corrected chi connectivity index (χ0v) is 11.7. The average Bonchev–Trinajstić information content (AvgIpc) is 2.25. The molecule has 0 saturated heterocycles. The van der Waals surface area contributed by atoms with Crippen LogP contribution in [0.5, 0.6) is 0 Å². The van der Waals surface area contributed by atoms with Gasteiger partial charge in [-0.3, -0.25) is 4.79 Å². The molecule has 0 radical (unpaired) electrons. The van der Waals surface area contributed by atoms with Gasteiger partial charge in [-0.05, 0) is 33.6 Å². The molecule has 0 spiro atoms. The van der Waals surface area contributed by atoms with Crippen molar-refractivity contribution in [2.75, 3.05) is 13.1 Å². The Kier molecular flexibility index (Phi) is 6.65. The lowest BCUT2D eigenvalue weighted by Gasteiger charge is -2.28. The fourth-order valence-corrected chi connectivity index (χ4v) is 1.45. The predicted molar refractivity (Wildman–Crippen MR) is 69.4 cm³/mol. The summed E-state index contributed by atoms with van der Waals surface area (Å²) in [4.78, 5) is 11.8. The number of hydrogen-bond donors (Lipinski definition) is 2. The Balaban J connectivity index is 4.12. The molecule has 0 rings (SSSR count). The molecule has 0 heterocycles. The lowest BCUT2D eigenvalue weighted by Crippen LogP contribution is -2.46. The molecule has 0 aromatic rings. The third-order valence-electron chi connectivity index (χ3n) is 3.32. The largest absolute Gasteiger partial charge is 0.356 e. The summed E-state index contributed by atoms with van der Waals surface area (Å²) < 4.78 is 0. The topological polar surface area (TPSA) is 41.1 Å². The first kappa shape index (κ1) is 15.4. The van der Waals surface area contributed by atoms with Gasteiger partial charge >= 0.3 is 0 Å². The first-order valence-corrected chi connectivity index (χ1v) is 6.36. The third kappa shape index (κ3) is 4.97. The van der Waals surface area contributed by atoms with E-state index in [0.29, 0.717) is 18.5 Å². The van der Waals surface area contributed by atoms with Crippen LogP contribution in [0.15, 0.2) is 0 Å². The lowest BCUT2D eigenvalue weighted by molar-refractivity contribution is -0.129. The van der Waals surface area contributed by atoms with Gasteiger partial charge < -0.3 is 10.6 Å². The van der Waals surface area contributed by atoms with Crippen LogP contribution in [0.1, 0.15) is 48.0 Å². The average molecular weight is 228 g/mol. The summed E-state index contributed by atoms with van der Waals surface area (Å²) in [5, 5.41) is 6.33. The van der Waals surface area contributed by atoms with Crippen molar-refractivity contribution in [2.24, 2.45) is 11.3 Å².